The highest BCUT2D eigenvalue weighted by Gasteiger charge is 2.47. The van der Waals surface area contributed by atoms with Gasteiger partial charge in [-0.05, 0) is 249 Å². The maximum absolute atomic E-state index is 2.53. The standard InChI is InChI=1S/C15H30N.5C14H28N.6CH3/c1-12-8-11-16(9-6-5-7-10-16)15(4)14(3)13(12)2;1-12-7-8-14(3)15(11-13(12)2)9-5-4-6-10-15;1-12-7-8-13(2)15(14(3)11-12)9-5-4-6-10-15;1-12-7-10-15(8-5-4-6-9-15)11-13(2)14(12)3;1-12-9-13(2)14(3)11-15(10-12)7-5-4-6-8-15;1-12-9-13(2)11-15(14(3)10-12)7-5-4-6-8-15;;;;;;/h12-15H,5-11H2,1-4H3;5*12-14H,4-11H2,1-3H3;6*1H3/q6*+1;6*-1. The second-order valence-electron chi connectivity index (χ2n) is 38.5. The van der Waals surface area contributed by atoms with Gasteiger partial charge in [0, 0.05) is 48.3 Å². The summed E-state index contributed by atoms with van der Waals surface area (Å²) >= 11 is 0. The minimum absolute atomic E-state index is 0. The van der Waals surface area contributed by atoms with Gasteiger partial charge < -0.3 is 71.5 Å². The zero-order valence-corrected chi connectivity index (χ0v) is 71.9. The fourth-order valence-electron chi connectivity index (χ4n) is 24.0. The second kappa shape index (κ2) is 44.0. The Labute approximate surface area is 616 Å². The molecule has 12 saturated heterocycles. The van der Waals surface area contributed by atoms with Gasteiger partial charge in [0.15, 0.2) is 0 Å². The Balaban J connectivity index is 0.000000575. The summed E-state index contributed by atoms with van der Waals surface area (Å²) in [6.45, 7) is 75.1. The number of hydrogen-bond donors (Lipinski definition) is 0. The monoisotopic (exact) mass is 1370 g/mol. The van der Waals surface area contributed by atoms with Crippen LogP contribution in [0.1, 0.15) is 311 Å². The van der Waals surface area contributed by atoms with Gasteiger partial charge in [0.05, 0.1) is 155 Å². The zero-order valence-electron chi connectivity index (χ0n) is 71.9. The average molecular weight is 1370 g/mol. The van der Waals surface area contributed by atoms with Crippen LogP contribution in [-0.4, -0.2) is 181 Å². The van der Waals surface area contributed by atoms with Crippen LogP contribution >= 0.6 is 0 Å². The number of rotatable bonds is 0. The lowest BCUT2D eigenvalue weighted by Gasteiger charge is -2.49. The van der Waals surface area contributed by atoms with Crippen molar-refractivity contribution in [1.82, 2.24) is 0 Å². The molecule has 582 valence electrons. The highest BCUT2D eigenvalue weighted by Crippen LogP contribution is 2.42. The van der Waals surface area contributed by atoms with Gasteiger partial charge in [-0.1, -0.05) is 96.9 Å². The molecule has 0 bridgehead atoms. The zero-order chi connectivity index (χ0) is 66.2. The summed E-state index contributed by atoms with van der Waals surface area (Å²) in [5.41, 5.74) is 0. The maximum Gasteiger partial charge on any atom is 0.0890 e. The minimum Gasteiger partial charge on any atom is -0.358 e. The van der Waals surface area contributed by atoms with Crippen LogP contribution in [0, 0.1) is 127 Å². The molecule has 6 nitrogen and oxygen atoms in total. The Morgan fingerprint density at radius 2 is 0.598 bits per heavy atom. The molecule has 0 aromatic rings. The van der Waals surface area contributed by atoms with Gasteiger partial charge in [0.1, 0.15) is 0 Å². The van der Waals surface area contributed by atoms with Crippen molar-refractivity contribution in [3.05, 3.63) is 44.6 Å². The molecule has 6 heteroatoms. The Bertz CT molecular complexity index is 1970. The van der Waals surface area contributed by atoms with Crippen LogP contribution in [-0.2, 0) is 0 Å². The van der Waals surface area contributed by atoms with Gasteiger partial charge in [0.2, 0.25) is 0 Å². The maximum atomic E-state index is 2.53. The molecule has 12 fully saturated rings. The van der Waals surface area contributed by atoms with E-state index in [2.05, 4.69) is 132 Å². The van der Waals surface area contributed by atoms with Crippen molar-refractivity contribution in [2.45, 2.75) is 342 Å². The van der Waals surface area contributed by atoms with Crippen molar-refractivity contribution in [2.75, 3.05) is 124 Å². The first kappa shape index (κ1) is 94.8. The van der Waals surface area contributed by atoms with E-state index in [-0.39, 0.29) is 44.6 Å². The largest absolute Gasteiger partial charge is 0.358 e. The quantitative estimate of drug-likeness (QED) is 0.168. The Morgan fingerprint density at radius 3 is 1.12 bits per heavy atom. The van der Waals surface area contributed by atoms with Gasteiger partial charge >= 0.3 is 0 Å². The van der Waals surface area contributed by atoms with Crippen molar-refractivity contribution >= 4 is 0 Å². The fraction of sp³-hybridized carbons (Fsp3) is 0.934. The Morgan fingerprint density at radius 1 is 0.196 bits per heavy atom. The first-order valence-corrected chi connectivity index (χ1v) is 42.4. The van der Waals surface area contributed by atoms with Crippen LogP contribution in [0.4, 0.5) is 0 Å². The average Bonchev–Trinajstić information content (AvgIpc) is 1.80. The van der Waals surface area contributed by atoms with Crippen LogP contribution in [0.3, 0.4) is 0 Å². The molecule has 0 amide bonds. The molecule has 0 saturated carbocycles. The summed E-state index contributed by atoms with van der Waals surface area (Å²) in [6, 6.07) is 4.58. The lowest BCUT2D eigenvalue weighted by molar-refractivity contribution is -0.973. The van der Waals surface area contributed by atoms with Crippen molar-refractivity contribution in [3.8, 4) is 0 Å². The third-order valence-electron chi connectivity index (χ3n) is 31.7. The molecule has 12 heterocycles. The molecule has 0 aromatic carbocycles. The summed E-state index contributed by atoms with van der Waals surface area (Å²) in [5.74, 6) is 13.1. The van der Waals surface area contributed by atoms with Crippen LogP contribution in [0.15, 0.2) is 0 Å². The number of hydrogen-bond acceptors (Lipinski definition) is 0. The number of quaternary nitrogens is 6. The van der Waals surface area contributed by atoms with E-state index in [1.54, 1.807) is 0 Å². The SMILES string of the molecule is CC1CC(C)C(C)C[N+]2(CCCCC2)C1.CC1CC(C)C[N+]2(CCCCC2)C(C)C1.CC1CCC(C)[N+]2(CCCCC2)C(C)C1.CC1CCC(C)[N+]2(CCCCC2)CC1C.CC1CC[N+]2(CCCCC2)C(C)C(C)C1C.CC1CC[N+]2(CCCCC2)CC(C)C1C.[CH3-].[CH3-].[CH3-].[CH3-].[CH3-].[CH3-]. The van der Waals surface area contributed by atoms with E-state index < -0.39 is 0 Å². The molecule has 97 heavy (non-hydrogen) atoms. The van der Waals surface area contributed by atoms with E-state index in [4.69, 9.17) is 0 Å². The lowest BCUT2D eigenvalue weighted by Crippen LogP contribution is -2.61. The third-order valence-corrected chi connectivity index (χ3v) is 31.7. The first-order valence-electron chi connectivity index (χ1n) is 42.4. The summed E-state index contributed by atoms with van der Waals surface area (Å²) in [7, 11) is 0. The normalized spacial score (nSPS) is 39.3. The number of piperidine rings is 6. The van der Waals surface area contributed by atoms with Crippen LogP contribution in [0.5, 0.6) is 0 Å². The highest BCUT2D eigenvalue weighted by atomic mass is 15.4. The third kappa shape index (κ3) is 25.8. The summed E-state index contributed by atoms with van der Waals surface area (Å²) < 4.78 is 8.78. The van der Waals surface area contributed by atoms with Crippen LogP contribution in [0.25, 0.3) is 0 Å². The topological polar surface area (TPSA) is 0 Å². The van der Waals surface area contributed by atoms with E-state index >= 15 is 0 Å². The summed E-state index contributed by atoms with van der Waals surface area (Å²) in [6.07, 6.45) is 41.2. The van der Waals surface area contributed by atoms with Crippen molar-refractivity contribution in [3.63, 3.8) is 0 Å². The minimum atomic E-state index is 0. The van der Waals surface area contributed by atoms with Crippen LogP contribution in [0.2, 0.25) is 0 Å². The predicted molar refractivity (Wildman–Crippen MR) is 437 cm³/mol. The van der Waals surface area contributed by atoms with Crippen molar-refractivity contribution in [2.24, 2.45) is 82.9 Å². The smallest absolute Gasteiger partial charge is 0.0890 e. The predicted octanol–water partition coefficient (Wildman–Crippen LogP) is 23.5. The van der Waals surface area contributed by atoms with Crippen molar-refractivity contribution < 1.29 is 26.9 Å². The molecule has 19 unspecified atom stereocenters. The summed E-state index contributed by atoms with van der Waals surface area (Å²) in [5, 5.41) is 0. The molecule has 0 N–H and O–H groups in total. The highest BCUT2D eigenvalue weighted by molar-refractivity contribution is 4.81. The van der Waals surface area contributed by atoms with E-state index in [1.165, 1.54) is 331 Å². The van der Waals surface area contributed by atoms with E-state index in [0.29, 0.717) is 0 Å². The van der Waals surface area contributed by atoms with Gasteiger partial charge in [-0.2, -0.15) is 0 Å². The van der Waals surface area contributed by atoms with Crippen molar-refractivity contribution in [1.29, 1.82) is 0 Å². The summed E-state index contributed by atoms with van der Waals surface area (Å²) in [4.78, 5) is 0. The first-order chi connectivity index (χ1) is 43.2. The van der Waals surface area contributed by atoms with E-state index in [9.17, 15) is 0 Å². The van der Waals surface area contributed by atoms with Gasteiger partial charge in [-0.3, -0.25) is 0 Å². The van der Waals surface area contributed by atoms with Gasteiger partial charge in [-0.15, -0.1) is 0 Å². The molecule has 12 aliphatic heterocycles. The van der Waals surface area contributed by atoms with E-state index in [1.807, 2.05) is 0 Å². The molecular formula is C91H188N6. The Kier molecular flexibility index (Phi) is 43.0. The van der Waals surface area contributed by atoms with Crippen LogP contribution < -0.4 is 0 Å². The lowest BCUT2D eigenvalue weighted by atomic mass is 9.81. The molecule has 0 aliphatic carbocycles. The molecule has 12 rings (SSSR count). The molecule has 0 radical (unpaired) electrons. The number of nitrogens with zero attached hydrogens (tertiary/aromatic N) is 6. The van der Waals surface area contributed by atoms with E-state index in [0.717, 1.165) is 113 Å². The molecule has 0 aromatic heterocycles. The van der Waals surface area contributed by atoms with Gasteiger partial charge in [0.25, 0.3) is 0 Å². The Hall–Kier alpha value is -0.240. The molecular weight excluding hydrogens is 1180 g/mol. The molecule has 6 spiro atoms. The van der Waals surface area contributed by atoms with Gasteiger partial charge in [-0.25, -0.2) is 0 Å². The second-order valence-corrected chi connectivity index (χ2v) is 38.5. The fourth-order valence-corrected chi connectivity index (χ4v) is 24.0. The molecule has 19 atom stereocenters. The molecule has 12 aliphatic rings.